The molecule has 0 aromatic heterocycles. The Morgan fingerprint density at radius 1 is 1.15 bits per heavy atom. The second kappa shape index (κ2) is 7.63. The summed E-state index contributed by atoms with van der Waals surface area (Å²) in [6.45, 7) is 3.82. The molecule has 7 heteroatoms. The number of hydrogen-bond donors (Lipinski definition) is 4. The van der Waals surface area contributed by atoms with Crippen molar-refractivity contribution in [3.8, 4) is 0 Å². The summed E-state index contributed by atoms with van der Waals surface area (Å²) in [5.41, 5.74) is 6.36. The highest BCUT2D eigenvalue weighted by Gasteiger charge is 2.37. The van der Waals surface area contributed by atoms with E-state index < -0.39 is 11.6 Å². The van der Waals surface area contributed by atoms with Crippen LogP contribution in [0, 0.1) is 5.41 Å². The van der Waals surface area contributed by atoms with E-state index in [1.807, 2.05) is 24.3 Å². The van der Waals surface area contributed by atoms with Gasteiger partial charge < -0.3 is 20.8 Å². The number of carbonyl (C=O) groups is 1. The van der Waals surface area contributed by atoms with Crippen LogP contribution in [0.4, 0.5) is 5.69 Å². The van der Waals surface area contributed by atoms with Gasteiger partial charge in [0.05, 0.1) is 12.0 Å². The van der Waals surface area contributed by atoms with Crippen molar-refractivity contribution in [2.75, 3.05) is 31.1 Å². The van der Waals surface area contributed by atoms with Crippen molar-refractivity contribution in [2.24, 2.45) is 5.73 Å². The minimum atomic E-state index is -1.03. The Balaban J connectivity index is 1.50. The maximum atomic E-state index is 10.9. The Kier molecular flexibility index (Phi) is 5.48. The van der Waals surface area contributed by atoms with Crippen LogP contribution < -0.4 is 10.6 Å². The monoisotopic (exact) mass is 360 g/mol. The molecule has 1 aliphatic heterocycles. The van der Waals surface area contributed by atoms with Crippen LogP contribution in [0.25, 0.3) is 0 Å². The quantitative estimate of drug-likeness (QED) is 0.464. The lowest BCUT2D eigenvalue weighted by Crippen LogP contribution is -2.52. The van der Waals surface area contributed by atoms with E-state index in [2.05, 4.69) is 9.80 Å². The van der Waals surface area contributed by atoms with Crippen LogP contribution >= 0.6 is 0 Å². The number of aliphatic hydroxyl groups is 1. The van der Waals surface area contributed by atoms with Crippen molar-refractivity contribution in [1.82, 2.24) is 4.90 Å². The van der Waals surface area contributed by atoms with Gasteiger partial charge in [-0.05, 0) is 49.9 Å². The van der Waals surface area contributed by atoms with E-state index in [4.69, 9.17) is 16.2 Å². The number of rotatable bonds is 5. The van der Waals surface area contributed by atoms with Gasteiger partial charge >= 0.3 is 5.97 Å². The first-order valence-electron chi connectivity index (χ1n) is 9.24. The van der Waals surface area contributed by atoms with Crippen LogP contribution in [0.5, 0.6) is 0 Å². The molecule has 1 aromatic rings. The maximum Gasteiger partial charge on any atom is 0.306 e. The molecule has 1 heterocycles. The molecule has 0 bridgehead atoms. The Morgan fingerprint density at radius 2 is 1.73 bits per heavy atom. The molecule has 0 radical (unpaired) electrons. The average molecular weight is 360 g/mol. The van der Waals surface area contributed by atoms with Gasteiger partial charge in [-0.1, -0.05) is 0 Å². The zero-order valence-electron chi connectivity index (χ0n) is 15.0. The highest BCUT2D eigenvalue weighted by molar-refractivity contribution is 5.95. The molecule has 0 unspecified atom stereocenters. The number of nitrogens with zero attached hydrogens (tertiary/aromatic N) is 2. The number of nitrogens with one attached hydrogen (secondary N) is 1. The third-order valence-corrected chi connectivity index (χ3v) is 5.74. The Hall–Kier alpha value is -2.12. The molecule has 1 saturated carbocycles. The minimum absolute atomic E-state index is 0.0847. The van der Waals surface area contributed by atoms with E-state index >= 15 is 0 Å². The zero-order chi connectivity index (χ0) is 18.7. The SMILES string of the molecule is N=C(N)c1ccc(N2CCN([C@H]3CC[C@@](O)(CC(=O)O)CC3)CC2)cc1. The predicted molar refractivity (Wildman–Crippen MR) is 101 cm³/mol. The normalized spacial score (nSPS) is 27.3. The van der Waals surface area contributed by atoms with E-state index in [-0.39, 0.29) is 12.3 Å². The standard InChI is InChI=1S/C19H28N4O3/c20-18(21)14-1-3-15(4-2-14)22-9-11-23(12-10-22)16-5-7-19(26,8-6-16)13-17(24)25/h1-4,16,26H,5-13H2,(H3,20,21)(H,24,25)/t16-,19-. The van der Waals surface area contributed by atoms with Crippen LogP contribution in [0.3, 0.4) is 0 Å². The summed E-state index contributed by atoms with van der Waals surface area (Å²) in [4.78, 5) is 15.7. The second-order valence-electron chi connectivity index (χ2n) is 7.51. The first-order chi connectivity index (χ1) is 12.4. The van der Waals surface area contributed by atoms with Crippen molar-refractivity contribution in [3.63, 3.8) is 0 Å². The van der Waals surface area contributed by atoms with Gasteiger partial charge in [0.1, 0.15) is 5.84 Å². The summed E-state index contributed by atoms with van der Waals surface area (Å²) in [5.74, 6) is -0.836. The van der Waals surface area contributed by atoms with Gasteiger partial charge in [-0.2, -0.15) is 0 Å². The fourth-order valence-corrected chi connectivity index (χ4v) is 4.16. The Morgan fingerprint density at radius 3 is 2.23 bits per heavy atom. The van der Waals surface area contributed by atoms with E-state index in [0.29, 0.717) is 18.9 Å². The van der Waals surface area contributed by atoms with Crippen molar-refractivity contribution in [2.45, 2.75) is 43.7 Å². The van der Waals surface area contributed by atoms with Gasteiger partial charge in [-0.25, -0.2) is 0 Å². The molecular formula is C19H28N4O3. The molecule has 1 saturated heterocycles. The summed E-state index contributed by atoms with van der Waals surface area (Å²) in [7, 11) is 0. The smallest absolute Gasteiger partial charge is 0.306 e. The molecule has 0 spiro atoms. The van der Waals surface area contributed by atoms with Crippen molar-refractivity contribution < 1.29 is 15.0 Å². The molecule has 5 N–H and O–H groups in total. The first kappa shape index (κ1) is 18.7. The molecule has 0 atom stereocenters. The van der Waals surface area contributed by atoms with Crippen LogP contribution in [0.1, 0.15) is 37.7 Å². The van der Waals surface area contributed by atoms with Crippen LogP contribution in [-0.4, -0.2) is 64.7 Å². The van der Waals surface area contributed by atoms with Gasteiger partial charge in [0.2, 0.25) is 0 Å². The molecule has 1 aromatic carbocycles. The molecule has 7 nitrogen and oxygen atoms in total. The largest absolute Gasteiger partial charge is 0.481 e. The lowest BCUT2D eigenvalue weighted by atomic mass is 9.79. The number of carboxylic acid groups (broad SMARTS) is 1. The van der Waals surface area contributed by atoms with Crippen molar-refractivity contribution >= 4 is 17.5 Å². The lowest BCUT2D eigenvalue weighted by Gasteiger charge is -2.44. The summed E-state index contributed by atoms with van der Waals surface area (Å²) >= 11 is 0. The molecule has 3 rings (SSSR count). The number of hydrogen-bond acceptors (Lipinski definition) is 5. The van der Waals surface area contributed by atoms with Crippen molar-refractivity contribution in [3.05, 3.63) is 29.8 Å². The van der Waals surface area contributed by atoms with E-state index in [0.717, 1.165) is 50.3 Å². The van der Waals surface area contributed by atoms with Gasteiger partial charge in [0.15, 0.2) is 0 Å². The van der Waals surface area contributed by atoms with Gasteiger partial charge in [0, 0.05) is 43.5 Å². The number of anilines is 1. The number of carboxylic acids is 1. The molecule has 1 aliphatic carbocycles. The number of aliphatic carboxylic acids is 1. The number of nitrogen functional groups attached to an aromatic ring is 1. The first-order valence-corrected chi connectivity index (χ1v) is 9.24. The van der Waals surface area contributed by atoms with Gasteiger partial charge in [-0.15, -0.1) is 0 Å². The van der Waals surface area contributed by atoms with E-state index in [1.54, 1.807) is 0 Å². The fourth-order valence-electron chi connectivity index (χ4n) is 4.16. The third-order valence-electron chi connectivity index (χ3n) is 5.74. The number of benzene rings is 1. The summed E-state index contributed by atoms with van der Waals surface area (Å²) in [6.07, 6.45) is 2.70. The summed E-state index contributed by atoms with van der Waals surface area (Å²) in [6, 6.07) is 8.23. The van der Waals surface area contributed by atoms with Crippen LogP contribution in [-0.2, 0) is 4.79 Å². The zero-order valence-corrected chi connectivity index (χ0v) is 15.0. The average Bonchev–Trinajstić information content (AvgIpc) is 2.62. The molecule has 142 valence electrons. The van der Waals surface area contributed by atoms with Crippen LogP contribution in [0.15, 0.2) is 24.3 Å². The van der Waals surface area contributed by atoms with Gasteiger partial charge in [0.25, 0.3) is 0 Å². The molecule has 0 amide bonds. The second-order valence-corrected chi connectivity index (χ2v) is 7.51. The van der Waals surface area contributed by atoms with E-state index in [1.165, 1.54) is 0 Å². The summed E-state index contributed by atoms with van der Waals surface area (Å²) in [5, 5.41) is 26.8. The Bertz CT molecular complexity index is 645. The maximum absolute atomic E-state index is 10.9. The van der Waals surface area contributed by atoms with E-state index in [9.17, 15) is 9.90 Å². The van der Waals surface area contributed by atoms with Gasteiger partial charge in [-0.3, -0.25) is 15.1 Å². The fraction of sp³-hybridized carbons (Fsp3) is 0.579. The highest BCUT2D eigenvalue weighted by Crippen LogP contribution is 2.34. The molecule has 2 fully saturated rings. The summed E-state index contributed by atoms with van der Waals surface area (Å²) < 4.78 is 0. The highest BCUT2D eigenvalue weighted by atomic mass is 16.4. The topological polar surface area (TPSA) is 114 Å². The molecule has 2 aliphatic rings. The number of nitrogens with two attached hydrogens (primary N) is 1. The number of piperazine rings is 1. The third kappa shape index (κ3) is 4.34. The van der Waals surface area contributed by atoms with Crippen LogP contribution in [0.2, 0.25) is 0 Å². The molecular weight excluding hydrogens is 332 g/mol. The number of amidine groups is 1. The molecule has 26 heavy (non-hydrogen) atoms. The Labute approximate surface area is 153 Å². The predicted octanol–water partition coefficient (Wildman–Crippen LogP) is 1.24. The minimum Gasteiger partial charge on any atom is -0.481 e. The van der Waals surface area contributed by atoms with Crippen molar-refractivity contribution in [1.29, 1.82) is 5.41 Å². The lowest BCUT2D eigenvalue weighted by molar-refractivity contribution is -0.144.